The summed E-state index contributed by atoms with van der Waals surface area (Å²) in [5.74, 6) is 0. The Morgan fingerprint density at radius 1 is 1.15 bits per heavy atom. The normalized spacial score (nSPS) is 10.4. The van der Waals surface area contributed by atoms with Crippen LogP contribution in [0.1, 0.15) is 16.7 Å². The highest BCUT2D eigenvalue weighted by Gasteiger charge is 1.94. The highest BCUT2D eigenvalue weighted by Crippen LogP contribution is 2.00. The van der Waals surface area contributed by atoms with Gasteiger partial charge in [-0.3, -0.25) is 5.43 Å². The molecule has 0 heterocycles. The Morgan fingerprint density at radius 3 is 2.70 bits per heavy atom. The molecule has 0 unspecified atom stereocenters. The van der Waals surface area contributed by atoms with E-state index in [4.69, 9.17) is 12.2 Å². The minimum atomic E-state index is 0.512. The molecular weight excluding hydrogens is 266 g/mol. The molecule has 0 fully saturated rings. The van der Waals surface area contributed by atoms with Crippen LogP contribution in [0, 0.1) is 6.92 Å². The molecule has 0 aliphatic heterocycles. The van der Waals surface area contributed by atoms with E-state index in [1.807, 2.05) is 42.5 Å². The number of rotatable bonds is 4. The summed E-state index contributed by atoms with van der Waals surface area (Å²) in [4.78, 5) is 0. The van der Waals surface area contributed by atoms with E-state index < -0.39 is 0 Å². The smallest absolute Gasteiger partial charge is 0.187 e. The Morgan fingerprint density at radius 2 is 1.95 bits per heavy atom. The summed E-state index contributed by atoms with van der Waals surface area (Å²) in [5, 5.41) is 7.73. The van der Waals surface area contributed by atoms with Gasteiger partial charge in [0.1, 0.15) is 0 Å². The van der Waals surface area contributed by atoms with Gasteiger partial charge in [-0.15, -0.1) is 0 Å². The molecule has 2 N–H and O–H groups in total. The standard InChI is InChI=1S/C16H17N3S/c1-13-6-5-9-15(10-13)12-18-19-16(20)17-11-14-7-3-2-4-8-14/h2-10,12H,11H2,1H3,(H2,17,19,20)/b18-12+. The molecule has 0 saturated heterocycles. The molecule has 102 valence electrons. The second-order valence-corrected chi connectivity index (χ2v) is 4.86. The largest absolute Gasteiger partial charge is 0.357 e. The van der Waals surface area contributed by atoms with Crippen LogP contribution < -0.4 is 10.7 Å². The van der Waals surface area contributed by atoms with Gasteiger partial charge in [-0.2, -0.15) is 5.10 Å². The van der Waals surface area contributed by atoms with Crippen molar-refractivity contribution in [2.75, 3.05) is 0 Å². The third-order valence-electron chi connectivity index (χ3n) is 2.72. The lowest BCUT2D eigenvalue weighted by atomic mass is 10.2. The first-order valence-corrected chi connectivity index (χ1v) is 6.82. The van der Waals surface area contributed by atoms with E-state index in [-0.39, 0.29) is 0 Å². The molecule has 0 aliphatic rings. The molecule has 0 amide bonds. The van der Waals surface area contributed by atoms with Crippen LogP contribution in [0.4, 0.5) is 0 Å². The summed E-state index contributed by atoms with van der Waals surface area (Å²) in [6.45, 7) is 2.74. The summed E-state index contributed by atoms with van der Waals surface area (Å²) < 4.78 is 0. The van der Waals surface area contributed by atoms with Crippen molar-refractivity contribution in [3.8, 4) is 0 Å². The molecule has 2 aromatic rings. The van der Waals surface area contributed by atoms with Crippen molar-refractivity contribution in [1.29, 1.82) is 0 Å². The highest BCUT2D eigenvalue weighted by molar-refractivity contribution is 7.80. The first kappa shape index (κ1) is 14.2. The van der Waals surface area contributed by atoms with Gasteiger partial charge >= 0.3 is 0 Å². The maximum Gasteiger partial charge on any atom is 0.187 e. The summed E-state index contributed by atoms with van der Waals surface area (Å²) in [6, 6.07) is 18.2. The summed E-state index contributed by atoms with van der Waals surface area (Å²) in [7, 11) is 0. The molecule has 0 aliphatic carbocycles. The quantitative estimate of drug-likeness (QED) is 0.514. The SMILES string of the molecule is Cc1cccc(/C=N/NC(=S)NCc2ccccc2)c1. The van der Waals surface area contributed by atoms with Crippen molar-refractivity contribution in [2.24, 2.45) is 5.10 Å². The zero-order valence-corrected chi connectivity index (χ0v) is 12.2. The molecule has 0 bridgehead atoms. The minimum absolute atomic E-state index is 0.512. The zero-order valence-electron chi connectivity index (χ0n) is 11.3. The van der Waals surface area contributed by atoms with Crippen LogP contribution in [-0.2, 0) is 6.54 Å². The van der Waals surface area contributed by atoms with Crippen molar-refractivity contribution in [3.63, 3.8) is 0 Å². The number of hydrogen-bond donors (Lipinski definition) is 2. The lowest BCUT2D eigenvalue weighted by molar-refractivity contribution is 0.869. The monoisotopic (exact) mass is 283 g/mol. The summed E-state index contributed by atoms with van der Waals surface area (Å²) in [5.41, 5.74) is 6.24. The van der Waals surface area contributed by atoms with E-state index in [1.54, 1.807) is 6.21 Å². The Bertz CT molecular complexity index is 594. The average Bonchev–Trinajstić information content (AvgIpc) is 2.46. The van der Waals surface area contributed by atoms with Gasteiger partial charge in [-0.25, -0.2) is 0 Å². The molecule has 4 heteroatoms. The zero-order chi connectivity index (χ0) is 14.2. The molecule has 2 rings (SSSR count). The fraction of sp³-hybridized carbons (Fsp3) is 0.125. The van der Waals surface area contributed by atoms with Crippen LogP contribution in [0.2, 0.25) is 0 Å². The van der Waals surface area contributed by atoms with Crippen LogP contribution in [-0.4, -0.2) is 11.3 Å². The third kappa shape index (κ3) is 4.82. The van der Waals surface area contributed by atoms with Crippen molar-refractivity contribution >= 4 is 23.5 Å². The van der Waals surface area contributed by atoms with Crippen molar-refractivity contribution in [3.05, 3.63) is 71.3 Å². The molecule has 0 atom stereocenters. The minimum Gasteiger partial charge on any atom is -0.357 e. The number of nitrogens with one attached hydrogen (secondary N) is 2. The van der Waals surface area contributed by atoms with Crippen LogP contribution in [0.25, 0.3) is 0 Å². The third-order valence-corrected chi connectivity index (χ3v) is 2.95. The van der Waals surface area contributed by atoms with Gasteiger partial charge in [-0.1, -0.05) is 60.2 Å². The van der Waals surface area contributed by atoms with Crippen LogP contribution in [0.5, 0.6) is 0 Å². The van der Waals surface area contributed by atoms with Crippen molar-refractivity contribution in [2.45, 2.75) is 13.5 Å². The van der Waals surface area contributed by atoms with Crippen molar-refractivity contribution < 1.29 is 0 Å². The Kier molecular flexibility index (Phi) is 5.26. The van der Waals surface area contributed by atoms with Crippen molar-refractivity contribution in [1.82, 2.24) is 10.7 Å². The van der Waals surface area contributed by atoms with Crippen LogP contribution in [0.3, 0.4) is 0 Å². The van der Waals surface area contributed by atoms with E-state index in [1.165, 1.54) is 11.1 Å². The first-order chi connectivity index (χ1) is 9.74. The predicted molar refractivity (Wildman–Crippen MR) is 87.8 cm³/mol. The molecule has 20 heavy (non-hydrogen) atoms. The van der Waals surface area contributed by atoms with E-state index in [0.717, 1.165) is 5.56 Å². The van der Waals surface area contributed by atoms with E-state index >= 15 is 0 Å². The molecule has 0 radical (unpaired) electrons. The Balaban J connectivity index is 1.78. The number of hydrazone groups is 1. The summed E-state index contributed by atoms with van der Waals surface area (Å²) in [6.07, 6.45) is 1.75. The number of aryl methyl sites for hydroxylation is 1. The van der Waals surface area contributed by atoms with Gasteiger partial charge in [0.15, 0.2) is 5.11 Å². The maximum atomic E-state index is 5.16. The number of benzene rings is 2. The van der Waals surface area contributed by atoms with E-state index in [2.05, 4.69) is 34.9 Å². The Labute approximate surface area is 124 Å². The molecule has 0 saturated carbocycles. The van der Waals surface area contributed by atoms with Crippen LogP contribution >= 0.6 is 12.2 Å². The fourth-order valence-corrected chi connectivity index (χ4v) is 1.86. The average molecular weight is 283 g/mol. The van der Waals surface area contributed by atoms with Gasteiger partial charge in [0.05, 0.1) is 6.21 Å². The predicted octanol–water partition coefficient (Wildman–Crippen LogP) is 2.99. The molecule has 3 nitrogen and oxygen atoms in total. The first-order valence-electron chi connectivity index (χ1n) is 6.41. The summed E-state index contributed by atoms with van der Waals surface area (Å²) >= 11 is 5.16. The highest BCUT2D eigenvalue weighted by atomic mass is 32.1. The van der Waals surface area contributed by atoms with Gasteiger partial charge < -0.3 is 5.32 Å². The number of hydrogen-bond acceptors (Lipinski definition) is 2. The lowest BCUT2D eigenvalue weighted by Crippen LogP contribution is -2.31. The molecule has 0 aromatic heterocycles. The topological polar surface area (TPSA) is 36.4 Å². The van der Waals surface area contributed by atoms with E-state index in [9.17, 15) is 0 Å². The van der Waals surface area contributed by atoms with Gasteiger partial charge in [-0.05, 0) is 30.3 Å². The fourth-order valence-electron chi connectivity index (χ4n) is 1.73. The second kappa shape index (κ2) is 7.40. The van der Waals surface area contributed by atoms with Crippen LogP contribution in [0.15, 0.2) is 59.7 Å². The van der Waals surface area contributed by atoms with E-state index in [0.29, 0.717) is 11.7 Å². The Hall–Kier alpha value is -2.20. The molecule has 0 spiro atoms. The maximum absolute atomic E-state index is 5.16. The lowest BCUT2D eigenvalue weighted by Gasteiger charge is -2.06. The van der Waals surface area contributed by atoms with Gasteiger partial charge in [0.25, 0.3) is 0 Å². The van der Waals surface area contributed by atoms with Gasteiger partial charge in [0.2, 0.25) is 0 Å². The molecule has 2 aromatic carbocycles. The van der Waals surface area contributed by atoms with Gasteiger partial charge in [0, 0.05) is 6.54 Å². The second-order valence-electron chi connectivity index (χ2n) is 4.45. The number of nitrogens with zero attached hydrogens (tertiary/aromatic N) is 1. The number of thiocarbonyl (C=S) groups is 1. The molecular formula is C16H17N3S.